The average Bonchev–Trinajstić information content (AvgIpc) is 2.95. The fraction of sp³-hybridized carbons (Fsp3) is 0.267. The zero-order valence-corrected chi connectivity index (χ0v) is 11.7. The first-order valence-corrected chi connectivity index (χ1v) is 7.29. The normalized spacial score (nSPS) is 12.1. The standard InChI is InChI=1S/C15H18N2OS/c1-2-13(14-9-6-10-19-14)16-11-15(18)17-12-7-4-3-5-8-12/h3-10,13,16H,2,11H2,1H3,(H,17,18). The van der Waals surface area contributed by atoms with Crippen molar-refractivity contribution in [3.05, 3.63) is 52.7 Å². The number of thiophene rings is 1. The van der Waals surface area contributed by atoms with Gasteiger partial charge in [-0.05, 0) is 30.0 Å². The predicted octanol–water partition coefficient (Wildman–Crippen LogP) is 3.43. The average molecular weight is 274 g/mol. The van der Waals surface area contributed by atoms with Crippen LogP contribution in [0.2, 0.25) is 0 Å². The van der Waals surface area contributed by atoms with Crippen molar-refractivity contribution >= 4 is 22.9 Å². The Balaban J connectivity index is 1.83. The van der Waals surface area contributed by atoms with Crippen LogP contribution in [0.25, 0.3) is 0 Å². The molecule has 1 amide bonds. The molecule has 19 heavy (non-hydrogen) atoms. The summed E-state index contributed by atoms with van der Waals surface area (Å²) in [6, 6.07) is 13.9. The van der Waals surface area contributed by atoms with Crippen LogP contribution in [0.3, 0.4) is 0 Å². The van der Waals surface area contributed by atoms with Crippen LogP contribution in [0.5, 0.6) is 0 Å². The van der Waals surface area contributed by atoms with Gasteiger partial charge in [-0.25, -0.2) is 0 Å². The van der Waals surface area contributed by atoms with Crippen LogP contribution in [0.4, 0.5) is 5.69 Å². The second kappa shape index (κ2) is 7.07. The molecule has 0 aliphatic heterocycles. The Kier molecular flexibility index (Phi) is 5.12. The lowest BCUT2D eigenvalue weighted by Gasteiger charge is -2.15. The smallest absolute Gasteiger partial charge is 0.238 e. The largest absolute Gasteiger partial charge is 0.325 e. The Morgan fingerprint density at radius 2 is 2.00 bits per heavy atom. The van der Waals surface area contributed by atoms with Gasteiger partial charge in [0.15, 0.2) is 0 Å². The van der Waals surface area contributed by atoms with Crippen molar-refractivity contribution < 1.29 is 4.79 Å². The van der Waals surface area contributed by atoms with Crippen molar-refractivity contribution in [1.82, 2.24) is 5.32 Å². The molecule has 2 aromatic rings. The van der Waals surface area contributed by atoms with Crippen molar-refractivity contribution in [1.29, 1.82) is 0 Å². The lowest BCUT2D eigenvalue weighted by molar-refractivity contribution is -0.115. The van der Waals surface area contributed by atoms with Gasteiger partial charge in [0.25, 0.3) is 0 Å². The van der Waals surface area contributed by atoms with E-state index in [9.17, 15) is 4.79 Å². The van der Waals surface area contributed by atoms with Crippen LogP contribution in [-0.4, -0.2) is 12.5 Å². The number of para-hydroxylation sites is 1. The fourth-order valence-corrected chi connectivity index (χ4v) is 2.76. The highest BCUT2D eigenvalue weighted by Crippen LogP contribution is 2.21. The quantitative estimate of drug-likeness (QED) is 0.847. The number of hydrogen-bond acceptors (Lipinski definition) is 3. The van der Waals surface area contributed by atoms with Gasteiger partial charge in [0.05, 0.1) is 6.54 Å². The van der Waals surface area contributed by atoms with Crippen LogP contribution >= 0.6 is 11.3 Å². The van der Waals surface area contributed by atoms with E-state index in [1.807, 2.05) is 36.4 Å². The topological polar surface area (TPSA) is 41.1 Å². The third kappa shape index (κ3) is 4.19. The van der Waals surface area contributed by atoms with E-state index in [0.717, 1.165) is 12.1 Å². The lowest BCUT2D eigenvalue weighted by atomic mass is 10.2. The predicted molar refractivity (Wildman–Crippen MR) is 80.4 cm³/mol. The summed E-state index contributed by atoms with van der Waals surface area (Å²) in [5, 5.41) is 8.22. The molecular weight excluding hydrogens is 256 g/mol. The van der Waals surface area contributed by atoms with Gasteiger partial charge in [-0.2, -0.15) is 0 Å². The van der Waals surface area contributed by atoms with Crippen molar-refractivity contribution in [2.45, 2.75) is 19.4 Å². The minimum Gasteiger partial charge on any atom is -0.325 e. The highest BCUT2D eigenvalue weighted by atomic mass is 32.1. The molecule has 1 aromatic heterocycles. The number of carbonyl (C=O) groups is 1. The van der Waals surface area contributed by atoms with Gasteiger partial charge in [0.2, 0.25) is 5.91 Å². The summed E-state index contributed by atoms with van der Waals surface area (Å²) in [5.41, 5.74) is 0.832. The van der Waals surface area contributed by atoms with Crippen LogP contribution < -0.4 is 10.6 Å². The number of benzene rings is 1. The summed E-state index contributed by atoms with van der Waals surface area (Å²) in [6.45, 7) is 2.44. The Morgan fingerprint density at radius 3 is 2.63 bits per heavy atom. The molecule has 0 bridgehead atoms. The second-order valence-corrected chi connectivity index (χ2v) is 5.25. The molecule has 0 aliphatic rings. The zero-order valence-electron chi connectivity index (χ0n) is 10.9. The molecule has 0 saturated carbocycles. The minimum absolute atomic E-state index is 0.0128. The summed E-state index contributed by atoms with van der Waals surface area (Å²) < 4.78 is 0. The molecule has 1 unspecified atom stereocenters. The Labute approximate surface area is 117 Å². The molecule has 2 rings (SSSR count). The Bertz CT molecular complexity index is 496. The van der Waals surface area contributed by atoms with Gasteiger partial charge >= 0.3 is 0 Å². The Hall–Kier alpha value is -1.65. The molecule has 0 spiro atoms. The number of carbonyl (C=O) groups excluding carboxylic acids is 1. The van der Waals surface area contributed by atoms with Gasteiger partial charge < -0.3 is 10.6 Å². The van der Waals surface area contributed by atoms with Gasteiger partial charge in [-0.3, -0.25) is 4.79 Å². The van der Waals surface area contributed by atoms with E-state index in [2.05, 4.69) is 29.0 Å². The van der Waals surface area contributed by atoms with E-state index in [1.165, 1.54) is 4.88 Å². The van der Waals surface area contributed by atoms with Gasteiger partial charge in [-0.1, -0.05) is 31.2 Å². The SMILES string of the molecule is CCC(NCC(=O)Nc1ccccc1)c1cccs1. The third-order valence-corrected chi connectivity index (χ3v) is 3.85. The molecule has 0 radical (unpaired) electrons. The van der Waals surface area contributed by atoms with Gasteiger partial charge in [0, 0.05) is 16.6 Å². The summed E-state index contributed by atoms with van der Waals surface area (Å²) >= 11 is 1.72. The maximum absolute atomic E-state index is 11.8. The Morgan fingerprint density at radius 1 is 1.21 bits per heavy atom. The van der Waals surface area contributed by atoms with Crippen LogP contribution in [0.1, 0.15) is 24.3 Å². The molecule has 1 aromatic carbocycles. The zero-order chi connectivity index (χ0) is 13.5. The van der Waals surface area contributed by atoms with Crippen molar-refractivity contribution in [3.8, 4) is 0 Å². The van der Waals surface area contributed by atoms with E-state index in [0.29, 0.717) is 6.54 Å². The highest BCUT2D eigenvalue weighted by molar-refractivity contribution is 7.10. The van der Waals surface area contributed by atoms with E-state index >= 15 is 0 Å². The van der Waals surface area contributed by atoms with Gasteiger partial charge in [0.1, 0.15) is 0 Å². The molecule has 4 heteroatoms. The van der Waals surface area contributed by atoms with Crippen LogP contribution in [0, 0.1) is 0 Å². The highest BCUT2D eigenvalue weighted by Gasteiger charge is 2.11. The number of hydrogen-bond donors (Lipinski definition) is 2. The number of rotatable bonds is 6. The molecule has 3 nitrogen and oxygen atoms in total. The summed E-state index contributed by atoms with van der Waals surface area (Å²) in [5.74, 6) is -0.0128. The third-order valence-electron chi connectivity index (χ3n) is 2.86. The molecule has 2 N–H and O–H groups in total. The van der Waals surface area contributed by atoms with E-state index in [4.69, 9.17) is 0 Å². The molecule has 0 fully saturated rings. The van der Waals surface area contributed by atoms with Crippen LogP contribution in [-0.2, 0) is 4.79 Å². The molecule has 1 heterocycles. The monoisotopic (exact) mass is 274 g/mol. The van der Waals surface area contributed by atoms with E-state index < -0.39 is 0 Å². The number of nitrogens with one attached hydrogen (secondary N) is 2. The second-order valence-electron chi connectivity index (χ2n) is 4.27. The molecule has 100 valence electrons. The minimum atomic E-state index is -0.0128. The first-order valence-electron chi connectivity index (χ1n) is 6.41. The number of amides is 1. The van der Waals surface area contributed by atoms with Crippen molar-refractivity contribution in [2.24, 2.45) is 0 Å². The first kappa shape index (κ1) is 13.8. The molecule has 1 atom stereocenters. The molecule has 0 saturated heterocycles. The lowest BCUT2D eigenvalue weighted by Crippen LogP contribution is -2.30. The van der Waals surface area contributed by atoms with Crippen molar-refractivity contribution in [2.75, 3.05) is 11.9 Å². The molecule has 0 aliphatic carbocycles. The van der Waals surface area contributed by atoms with E-state index in [-0.39, 0.29) is 11.9 Å². The summed E-state index contributed by atoms with van der Waals surface area (Å²) in [7, 11) is 0. The maximum Gasteiger partial charge on any atom is 0.238 e. The summed E-state index contributed by atoms with van der Waals surface area (Å²) in [4.78, 5) is 13.1. The van der Waals surface area contributed by atoms with Crippen molar-refractivity contribution in [3.63, 3.8) is 0 Å². The molecular formula is C15H18N2OS. The fourth-order valence-electron chi connectivity index (χ4n) is 1.88. The summed E-state index contributed by atoms with van der Waals surface area (Å²) in [6.07, 6.45) is 0.971. The maximum atomic E-state index is 11.8. The number of anilines is 1. The first-order chi connectivity index (χ1) is 9.29. The van der Waals surface area contributed by atoms with Crippen LogP contribution in [0.15, 0.2) is 47.8 Å². The van der Waals surface area contributed by atoms with E-state index in [1.54, 1.807) is 11.3 Å². The van der Waals surface area contributed by atoms with Gasteiger partial charge in [-0.15, -0.1) is 11.3 Å².